The molecule has 0 bridgehead atoms. The van der Waals surface area contributed by atoms with Gasteiger partial charge in [-0.3, -0.25) is 4.79 Å². The second-order valence-corrected chi connectivity index (χ2v) is 7.07. The van der Waals surface area contributed by atoms with Crippen molar-refractivity contribution in [3.05, 3.63) is 0 Å². The molecule has 0 spiro atoms. The molecule has 0 aromatic heterocycles. The Morgan fingerprint density at radius 1 is 1.30 bits per heavy atom. The normalized spacial score (nSPS) is 32.3. The van der Waals surface area contributed by atoms with Crippen molar-refractivity contribution in [3.63, 3.8) is 0 Å². The SMILES string of the molecule is CN1CCOC(C(=O)NC[C@H]2CCO[C@@H]2C(C)(C)C)C1. The topological polar surface area (TPSA) is 50.8 Å². The molecule has 20 heavy (non-hydrogen) atoms. The number of carbonyl (C=O) groups is 1. The van der Waals surface area contributed by atoms with Crippen LogP contribution in [-0.4, -0.2) is 62.9 Å². The number of nitrogens with zero attached hydrogens (tertiary/aromatic N) is 1. The highest BCUT2D eigenvalue weighted by Crippen LogP contribution is 2.34. The van der Waals surface area contributed by atoms with E-state index in [-0.39, 0.29) is 23.5 Å². The van der Waals surface area contributed by atoms with Crippen molar-refractivity contribution in [3.8, 4) is 0 Å². The summed E-state index contributed by atoms with van der Waals surface area (Å²) in [5, 5.41) is 3.05. The molecular weight excluding hydrogens is 256 g/mol. The molecule has 1 N–H and O–H groups in total. The van der Waals surface area contributed by atoms with Crippen LogP contribution in [0.5, 0.6) is 0 Å². The molecule has 2 saturated heterocycles. The van der Waals surface area contributed by atoms with Crippen molar-refractivity contribution in [1.29, 1.82) is 0 Å². The van der Waals surface area contributed by atoms with Crippen LogP contribution in [0.1, 0.15) is 27.2 Å². The Labute approximate surface area is 122 Å². The van der Waals surface area contributed by atoms with E-state index in [1.165, 1.54) is 0 Å². The third kappa shape index (κ3) is 3.93. The second-order valence-electron chi connectivity index (χ2n) is 7.07. The minimum atomic E-state index is -0.329. The minimum absolute atomic E-state index is 0.0103. The summed E-state index contributed by atoms with van der Waals surface area (Å²) in [6.45, 7) is 10.3. The zero-order valence-corrected chi connectivity index (χ0v) is 13.1. The van der Waals surface area contributed by atoms with Crippen LogP contribution in [0.4, 0.5) is 0 Å². The molecule has 2 fully saturated rings. The Kier molecular flexibility index (Phi) is 5.04. The molecule has 116 valence electrons. The molecule has 1 unspecified atom stereocenters. The van der Waals surface area contributed by atoms with E-state index in [4.69, 9.17) is 9.47 Å². The number of rotatable bonds is 3. The monoisotopic (exact) mass is 284 g/mol. The van der Waals surface area contributed by atoms with E-state index in [1.54, 1.807) is 0 Å². The highest BCUT2D eigenvalue weighted by atomic mass is 16.5. The molecule has 2 aliphatic rings. The fourth-order valence-corrected chi connectivity index (χ4v) is 3.08. The van der Waals surface area contributed by atoms with Crippen molar-refractivity contribution < 1.29 is 14.3 Å². The summed E-state index contributed by atoms with van der Waals surface area (Å²) in [4.78, 5) is 14.3. The summed E-state index contributed by atoms with van der Waals surface area (Å²) in [7, 11) is 2.02. The highest BCUT2D eigenvalue weighted by molar-refractivity contribution is 5.81. The summed E-state index contributed by atoms with van der Waals surface area (Å²) < 4.78 is 11.4. The number of carbonyl (C=O) groups excluding carboxylic acids is 1. The Hall–Kier alpha value is -0.650. The summed E-state index contributed by atoms with van der Waals surface area (Å²) in [6, 6.07) is 0. The van der Waals surface area contributed by atoms with Gasteiger partial charge in [-0.1, -0.05) is 20.8 Å². The third-order valence-corrected chi connectivity index (χ3v) is 4.17. The van der Waals surface area contributed by atoms with Gasteiger partial charge in [0.05, 0.1) is 12.7 Å². The van der Waals surface area contributed by atoms with Crippen molar-refractivity contribution in [1.82, 2.24) is 10.2 Å². The molecule has 2 rings (SSSR count). The largest absolute Gasteiger partial charge is 0.377 e. The van der Waals surface area contributed by atoms with Gasteiger partial charge in [-0.2, -0.15) is 0 Å². The molecule has 1 amide bonds. The zero-order valence-electron chi connectivity index (χ0n) is 13.1. The maximum absolute atomic E-state index is 12.2. The number of amides is 1. The maximum Gasteiger partial charge on any atom is 0.250 e. The van der Waals surface area contributed by atoms with Crippen molar-refractivity contribution in [2.24, 2.45) is 11.3 Å². The molecule has 0 aromatic rings. The number of morpholine rings is 1. The van der Waals surface area contributed by atoms with E-state index in [0.29, 0.717) is 25.6 Å². The Morgan fingerprint density at radius 2 is 2.05 bits per heavy atom. The lowest BCUT2D eigenvalue weighted by atomic mass is 9.81. The van der Waals surface area contributed by atoms with Crippen molar-refractivity contribution in [2.45, 2.75) is 39.4 Å². The van der Waals surface area contributed by atoms with E-state index in [0.717, 1.165) is 19.6 Å². The molecule has 5 nitrogen and oxygen atoms in total. The van der Waals surface area contributed by atoms with Crippen LogP contribution in [0.15, 0.2) is 0 Å². The van der Waals surface area contributed by atoms with Gasteiger partial charge in [-0.05, 0) is 18.9 Å². The lowest BCUT2D eigenvalue weighted by Crippen LogP contribution is -2.50. The van der Waals surface area contributed by atoms with E-state index in [9.17, 15) is 4.79 Å². The van der Waals surface area contributed by atoms with Crippen LogP contribution in [0, 0.1) is 11.3 Å². The van der Waals surface area contributed by atoms with Crippen molar-refractivity contribution in [2.75, 3.05) is 39.9 Å². The number of hydrogen-bond donors (Lipinski definition) is 1. The van der Waals surface area contributed by atoms with Crippen LogP contribution in [0.25, 0.3) is 0 Å². The lowest BCUT2D eigenvalue weighted by molar-refractivity contribution is -0.138. The maximum atomic E-state index is 12.2. The van der Waals surface area contributed by atoms with E-state index < -0.39 is 0 Å². The number of hydrogen-bond acceptors (Lipinski definition) is 4. The van der Waals surface area contributed by atoms with Crippen LogP contribution in [-0.2, 0) is 14.3 Å². The van der Waals surface area contributed by atoms with Gasteiger partial charge in [-0.25, -0.2) is 0 Å². The molecule has 0 radical (unpaired) electrons. The first kappa shape index (κ1) is 15.7. The van der Waals surface area contributed by atoms with E-state index in [1.807, 2.05) is 7.05 Å². The Balaban J connectivity index is 1.81. The minimum Gasteiger partial charge on any atom is -0.377 e. The Bertz CT molecular complexity index is 341. The van der Waals surface area contributed by atoms with Gasteiger partial charge in [0.15, 0.2) is 0 Å². The molecule has 3 atom stereocenters. The predicted octanol–water partition coefficient (Wildman–Crippen LogP) is 0.884. The van der Waals surface area contributed by atoms with Gasteiger partial charge in [0.1, 0.15) is 6.10 Å². The Morgan fingerprint density at radius 3 is 2.70 bits per heavy atom. The van der Waals surface area contributed by atoms with Gasteiger partial charge in [0, 0.05) is 32.2 Å². The summed E-state index contributed by atoms with van der Waals surface area (Å²) in [5.41, 5.74) is 0.119. The van der Waals surface area contributed by atoms with Crippen LogP contribution in [0.3, 0.4) is 0 Å². The van der Waals surface area contributed by atoms with Crippen LogP contribution < -0.4 is 5.32 Å². The van der Waals surface area contributed by atoms with Crippen molar-refractivity contribution >= 4 is 5.91 Å². The molecule has 0 aliphatic carbocycles. The third-order valence-electron chi connectivity index (χ3n) is 4.17. The summed E-state index contributed by atoms with van der Waals surface area (Å²) in [5.74, 6) is 0.413. The summed E-state index contributed by atoms with van der Waals surface area (Å²) in [6.07, 6.45) is 0.912. The summed E-state index contributed by atoms with van der Waals surface area (Å²) >= 11 is 0. The molecule has 2 heterocycles. The van der Waals surface area contributed by atoms with Gasteiger partial charge in [0.25, 0.3) is 0 Å². The van der Waals surface area contributed by atoms with Gasteiger partial charge in [0.2, 0.25) is 5.91 Å². The second kappa shape index (κ2) is 6.41. The number of likely N-dealkylation sites (N-methyl/N-ethyl adjacent to an activating group) is 1. The molecule has 0 saturated carbocycles. The van der Waals surface area contributed by atoms with Gasteiger partial charge in [-0.15, -0.1) is 0 Å². The van der Waals surface area contributed by atoms with Crippen LogP contribution in [0.2, 0.25) is 0 Å². The molecule has 0 aromatic carbocycles. The number of ether oxygens (including phenoxy) is 2. The predicted molar refractivity (Wildman–Crippen MR) is 77.5 cm³/mol. The fourth-order valence-electron chi connectivity index (χ4n) is 3.08. The van der Waals surface area contributed by atoms with Crippen LogP contribution >= 0.6 is 0 Å². The van der Waals surface area contributed by atoms with Gasteiger partial charge >= 0.3 is 0 Å². The first-order chi connectivity index (χ1) is 9.38. The first-order valence-electron chi connectivity index (χ1n) is 7.57. The zero-order chi connectivity index (χ0) is 14.8. The van der Waals surface area contributed by atoms with E-state index >= 15 is 0 Å². The number of nitrogens with one attached hydrogen (secondary N) is 1. The highest BCUT2D eigenvalue weighted by Gasteiger charge is 2.37. The quantitative estimate of drug-likeness (QED) is 0.836. The fraction of sp³-hybridized carbons (Fsp3) is 0.933. The smallest absolute Gasteiger partial charge is 0.250 e. The molecule has 2 aliphatic heterocycles. The standard InChI is InChI=1S/C15H28N2O3/c1-15(2,3)13-11(5-7-20-13)9-16-14(18)12-10-17(4)6-8-19-12/h11-13H,5-10H2,1-4H3,(H,16,18)/t11-,12?,13+/m1/s1. The van der Waals surface area contributed by atoms with E-state index in [2.05, 4.69) is 31.0 Å². The molecule has 5 heteroatoms. The van der Waals surface area contributed by atoms with Gasteiger partial charge < -0.3 is 19.7 Å². The molecular formula is C15H28N2O3. The lowest BCUT2D eigenvalue weighted by Gasteiger charge is -2.32. The first-order valence-corrected chi connectivity index (χ1v) is 7.57. The average Bonchev–Trinajstić information content (AvgIpc) is 2.84. The average molecular weight is 284 g/mol.